The SMILES string of the molecule is O=C(CCc1ccccc1)Nc1ccc(NC(=O)CCc2ccccc2Cl)cc1. The second kappa shape index (κ2) is 10.4. The van der Waals surface area contributed by atoms with Gasteiger partial charge in [-0.1, -0.05) is 60.1 Å². The number of carbonyl (C=O) groups excluding carboxylic acids is 2. The highest BCUT2D eigenvalue weighted by Gasteiger charge is 2.07. The van der Waals surface area contributed by atoms with Gasteiger partial charge in [0.1, 0.15) is 0 Å². The van der Waals surface area contributed by atoms with Gasteiger partial charge in [-0.25, -0.2) is 0 Å². The summed E-state index contributed by atoms with van der Waals surface area (Å²) >= 11 is 6.12. The zero-order valence-electron chi connectivity index (χ0n) is 16.0. The van der Waals surface area contributed by atoms with E-state index in [0.29, 0.717) is 42.1 Å². The Hall–Kier alpha value is -3.11. The van der Waals surface area contributed by atoms with Crippen LogP contribution in [0.2, 0.25) is 5.02 Å². The highest BCUT2D eigenvalue weighted by Crippen LogP contribution is 2.18. The molecule has 3 aromatic carbocycles. The number of nitrogens with one attached hydrogen (secondary N) is 2. The fourth-order valence-electron chi connectivity index (χ4n) is 2.94. The molecule has 0 saturated heterocycles. The summed E-state index contributed by atoms with van der Waals surface area (Å²) < 4.78 is 0. The molecule has 0 aromatic heterocycles. The molecule has 29 heavy (non-hydrogen) atoms. The number of anilines is 2. The molecule has 148 valence electrons. The smallest absolute Gasteiger partial charge is 0.224 e. The van der Waals surface area contributed by atoms with Crippen LogP contribution in [0.5, 0.6) is 0 Å². The summed E-state index contributed by atoms with van der Waals surface area (Å²) in [6.07, 6.45) is 2.06. The average Bonchev–Trinajstić information content (AvgIpc) is 2.74. The summed E-state index contributed by atoms with van der Waals surface area (Å²) in [5, 5.41) is 6.42. The van der Waals surface area contributed by atoms with Crippen LogP contribution in [0.4, 0.5) is 11.4 Å². The lowest BCUT2D eigenvalue weighted by Crippen LogP contribution is -2.13. The molecule has 0 radical (unpaired) electrons. The van der Waals surface area contributed by atoms with Crippen LogP contribution in [-0.2, 0) is 22.4 Å². The fourth-order valence-corrected chi connectivity index (χ4v) is 3.17. The molecule has 3 rings (SSSR count). The first kappa shape index (κ1) is 20.6. The van der Waals surface area contributed by atoms with Gasteiger partial charge in [0.05, 0.1) is 0 Å². The van der Waals surface area contributed by atoms with Crippen LogP contribution in [0.1, 0.15) is 24.0 Å². The normalized spacial score (nSPS) is 10.4. The highest BCUT2D eigenvalue weighted by atomic mass is 35.5. The van der Waals surface area contributed by atoms with Gasteiger partial charge in [0.2, 0.25) is 11.8 Å². The van der Waals surface area contributed by atoms with Crippen molar-refractivity contribution in [3.05, 3.63) is 95.0 Å². The number of carbonyl (C=O) groups is 2. The number of aryl methyl sites for hydroxylation is 2. The molecule has 0 unspecified atom stereocenters. The Morgan fingerprint density at radius 1 is 0.655 bits per heavy atom. The summed E-state index contributed by atoms with van der Waals surface area (Å²) in [7, 11) is 0. The third-order valence-electron chi connectivity index (χ3n) is 4.52. The molecule has 0 aliphatic heterocycles. The maximum Gasteiger partial charge on any atom is 0.224 e. The second-order valence-corrected chi connectivity index (χ2v) is 7.16. The Morgan fingerprint density at radius 2 is 1.17 bits per heavy atom. The van der Waals surface area contributed by atoms with Crippen molar-refractivity contribution in [2.45, 2.75) is 25.7 Å². The molecule has 0 aliphatic rings. The lowest BCUT2D eigenvalue weighted by atomic mass is 10.1. The van der Waals surface area contributed by atoms with Gasteiger partial charge in [0.25, 0.3) is 0 Å². The number of rotatable bonds is 8. The number of amides is 2. The number of halogens is 1. The second-order valence-electron chi connectivity index (χ2n) is 6.75. The van der Waals surface area contributed by atoms with E-state index >= 15 is 0 Å². The fraction of sp³-hybridized carbons (Fsp3) is 0.167. The van der Waals surface area contributed by atoms with Crippen molar-refractivity contribution in [1.82, 2.24) is 0 Å². The van der Waals surface area contributed by atoms with Gasteiger partial charge >= 0.3 is 0 Å². The molecule has 0 aliphatic carbocycles. The number of hydrogen-bond acceptors (Lipinski definition) is 2. The van der Waals surface area contributed by atoms with Crippen LogP contribution < -0.4 is 10.6 Å². The van der Waals surface area contributed by atoms with Crippen LogP contribution in [0.3, 0.4) is 0 Å². The van der Waals surface area contributed by atoms with Gasteiger partial charge in [-0.3, -0.25) is 9.59 Å². The highest BCUT2D eigenvalue weighted by molar-refractivity contribution is 6.31. The first-order valence-corrected chi connectivity index (χ1v) is 9.95. The van der Waals surface area contributed by atoms with Crippen molar-refractivity contribution in [3.8, 4) is 0 Å². The quantitative estimate of drug-likeness (QED) is 0.520. The predicted molar refractivity (Wildman–Crippen MR) is 118 cm³/mol. The molecular weight excluding hydrogens is 384 g/mol. The van der Waals surface area contributed by atoms with Gasteiger partial charge in [-0.2, -0.15) is 0 Å². The molecule has 4 nitrogen and oxygen atoms in total. The maximum atomic E-state index is 12.2. The van der Waals surface area contributed by atoms with Gasteiger partial charge in [0.15, 0.2) is 0 Å². The minimum Gasteiger partial charge on any atom is -0.326 e. The zero-order valence-corrected chi connectivity index (χ0v) is 16.8. The van der Waals surface area contributed by atoms with E-state index in [2.05, 4.69) is 10.6 Å². The lowest BCUT2D eigenvalue weighted by Gasteiger charge is -2.09. The van der Waals surface area contributed by atoms with Crippen LogP contribution in [-0.4, -0.2) is 11.8 Å². The third kappa shape index (κ3) is 6.77. The van der Waals surface area contributed by atoms with Gasteiger partial charge < -0.3 is 10.6 Å². The molecule has 0 heterocycles. The van der Waals surface area contributed by atoms with E-state index in [-0.39, 0.29) is 11.8 Å². The Bertz CT molecular complexity index is 956. The van der Waals surface area contributed by atoms with Crippen molar-refractivity contribution >= 4 is 34.8 Å². The standard InChI is InChI=1S/C24H23ClN2O2/c25-22-9-5-4-8-19(22)11-17-24(29)27-21-14-12-20(13-15-21)26-23(28)16-10-18-6-2-1-3-7-18/h1-9,12-15H,10-11,16-17H2,(H,26,28)(H,27,29). The first-order valence-electron chi connectivity index (χ1n) is 9.57. The average molecular weight is 407 g/mol. The van der Waals surface area contributed by atoms with E-state index < -0.39 is 0 Å². The van der Waals surface area contributed by atoms with Crippen molar-refractivity contribution in [1.29, 1.82) is 0 Å². The summed E-state index contributed by atoms with van der Waals surface area (Å²) in [5.41, 5.74) is 3.49. The van der Waals surface area contributed by atoms with Crippen LogP contribution in [0.15, 0.2) is 78.9 Å². The van der Waals surface area contributed by atoms with Gasteiger partial charge in [0, 0.05) is 29.2 Å². The van der Waals surface area contributed by atoms with E-state index in [4.69, 9.17) is 11.6 Å². The van der Waals surface area contributed by atoms with Gasteiger partial charge in [-0.15, -0.1) is 0 Å². The maximum absolute atomic E-state index is 12.2. The van der Waals surface area contributed by atoms with Crippen LogP contribution in [0.25, 0.3) is 0 Å². The predicted octanol–water partition coefficient (Wildman–Crippen LogP) is 5.48. The zero-order chi connectivity index (χ0) is 20.5. The summed E-state index contributed by atoms with van der Waals surface area (Å²) in [6.45, 7) is 0. The van der Waals surface area contributed by atoms with Crippen molar-refractivity contribution < 1.29 is 9.59 Å². The van der Waals surface area contributed by atoms with Crippen molar-refractivity contribution in [2.75, 3.05) is 10.6 Å². The van der Waals surface area contributed by atoms with E-state index in [0.717, 1.165) is 11.1 Å². The van der Waals surface area contributed by atoms with E-state index in [9.17, 15) is 9.59 Å². The summed E-state index contributed by atoms with van der Waals surface area (Å²) in [6, 6.07) is 24.6. The lowest BCUT2D eigenvalue weighted by molar-refractivity contribution is -0.117. The summed E-state index contributed by atoms with van der Waals surface area (Å²) in [5.74, 6) is -0.116. The van der Waals surface area contributed by atoms with Gasteiger partial charge in [-0.05, 0) is 54.3 Å². The minimum atomic E-state index is -0.0791. The number of hydrogen-bond donors (Lipinski definition) is 2. The molecule has 0 bridgehead atoms. The molecule has 5 heteroatoms. The molecule has 0 fully saturated rings. The molecule has 3 aromatic rings. The van der Waals surface area contributed by atoms with Crippen molar-refractivity contribution in [3.63, 3.8) is 0 Å². The topological polar surface area (TPSA) is 58.2 Å². The molecule has 2 N–H and O–H groups in total. The minimum absolute atomic E-state index is 0.0367. The Balaban J connectivity index is 1.44. The molecule has 2 amide bonds. The molecule has 0 atom stereocenters. The summed E-state index contributed by atoms with van der Waals surface area (Å²) in [4.78, 5) is 24.3. The Morgan fingerprint density at radius 3 is 1.76 bits per heavy atom. The number of benzene rings is 3. The molecular formula is C24H23ClN2O2. The van der Waals surface area contributed by atoms with E-state index in [1.165, 1.54) is 0 Å². The third-order valence-corrected chi connectivity index (χ3v) is 4.88. The van der Waals surface area contributed by atoms with Crippen LogP contribution in [0, 0.1) is 0 Å². The first-order chi connectivity index (χ1) is 14.1. The Labute approximate surface area is 175 Å². The van der Waals surface area contributed by atoms with Crippen molar-refractivity contribution in [2.24, 2.45) is 0 Å². The monoisotopic (exact) mass is 406 g/mol. The van der Waals surface area contributed by atoms with Crippen LogP contribution >= 0.6 is 11.6 Å². The molecule has 0 saturated carbocycles. The van der Waals surface area contributed by atoms with E-state index in [1.54, 1.807) is 24.3 Å². The van der Waals surface area contributed by atoms with E-state index in [1.807, 2.05) is 54.6 Å². The molecule has 0 spiro atoms. The Kier molecular flexibility index (Phi) is 7.42. The largest absolute Gasteiger partial charge is 0.326 e.